The molecule has 0 atom stereocenters. The van der Waals surface area contributed by atoms with E-state index in [0.717, 1.165) is 4.47 Å². The number of hydrogen-bond donors (Lipinski definition) is 0. The van der Waals surface area contributed by atoms with Crippen LogP contribution < -0.4 is 4.90 Å². The van der Waals surface area contributed by atoms with Gasteiger partial charge in [0.1, 0.15) is 5.82 Å². The highest BCUT2D eigenvalue weighted by molar-refractivity contribution is 9.10. The molecule has 1 aromatic rings. The summed E-state index contributed by atoms with van der Waals surface area (Å²) in [5, 5.41) is 0. The SMILES string of the molecule is FC(F)(F)C1CN(c2ncccc2Br)C1. The molecule has 0 aliphatic carbocycles. The summed E-state index contributed by atoms with van der Waals surface area (Å²) in [5.41, 5.74) is 0. The molecule has 2 nitrogen and oxygen atoms in total. The van der Waals surface area contributed by atoms with Gasteiger partial charge < -0.3 is 4.90 Å². The Kier molecular flexibility index (Phi) is 2.62. The molecule has 1 aliphatic rings. The largest absolute Gasteiger partial charge is 0.395 e. The van der Waals surface area contributed by atoms with Crippen molar-refractivity contribution in [3.63, 3.8) is 0 Å². The van der Waals surface area contributed by atoms with Crippen molar-refractivity contribution >= 4 is 21.7 Å². The molecule has 0 bridgehead atoms. The molecule has 2 heterocycles. The Bertz CT molecular complexity index is 361. The molecule has 6 heteroatoms. The summed E-state index contributed by atoms with van der Waals surface area (Å²) in [6.07, 6.45) is -2.52. The lowest BCUT2D eigenvalue weighted by molar-refractivity contribution is -0.180. The first-order valence-corrected chi connectivity index (χ1v) is 5.20. The highest BCUT2D eigenvalue weighted by atomic mass is 79.9. The van der Waals surface area contributed by atoms with E-state index in [-0.39, 0.29) is 13.1 Å². The fourth-order valence-electron chi connectivity index (χ4n) is 1.47. The maximum absolute atomic E-state index is 12.2. The lowest BCUT2D eigenvalue weighted by Crippen LogP contribution is -2.53. The standard InChI is InChI=1S/C9H8BrF3N2/c10-7-2-1-3-14-8(7)15-4-6(5-15)9(11,12)13/h1-3,6H,4-5H2. The predicted octanol–water partition coefficient (Wildman–Crippen LogP) is 2.84. The van der Waals surface area contributed by atoms with Crippen molar-refractivity contribution in [1.29, 1.82) is 0 Å². The fraction of sp³-hybridized carbons (Fsp3) is 0.444. The number of aromatic nitrogens is 1. The van der Waals surface area contributed by atoms with E-state index in [2.05, 4.69) is 20.9 Å². The van der Waals surface area contributed by atoms with Gasteiger partial charge in [0.05, 0.1) is 10.4 Å². The average molecular weight is 281 g/mol. The Hall–Kier alpha value is -0.780. The first-order chi connectivity index (χ1) is 6.98. The molecule has 1 saturated heterocycles. The van der Waals surface area contributed by atoms with E-state index < -0.39 is 12.1 Å². The van der Waals surface area contributed by atoms with E-state index >= 15 is 0 Å². The van der Waals surface area contributed by atoms with Gasteiger partial charge in [0.15, 0.2) is 0 Å². The van der Waals surface area contributed by atoms with Gasteiger partial charge in [-0.2, -0.15) is 13.2 Å². The summed E-state index contributed by atoms with van der Waals surface area (Å²) in [6.45, 7) is -0.00176. The highest BCUT2D eigenvalue weighted by Gasteiger charge is 2.47. The van der Waals surface area contributed by atoms with Crippen LogP contribution in [0.2, 0.25) is 0 Å². The zero-order valence-corrected chi connectivity index (χ0v) is 9.22. The molecule has 1 aromatic heterocycles. The van der Waals surface area contributed by atoms with E-state index in [1.54, 1.807) is 23.2 Å². The maximum atomic E-state index is 12.2. The van der Waals surface area contributed by atoms with Gasteiger partial charge in [-0.15, -0.1) is 0 Å². The number of halogens is 4. The summed E-state index contributed by atoms with van der Waals surface area (Å²) < 4.78 is 37.4. The van der Waals surface area contributed by atoms with Crippen molar-refractivity contribution in [2.24, 2.45) is 5.92 Å². The quantitative estimate of drug-likeness (QED) is 0.787. The maximum Gasteiger partial charge on any atom is 0.395 e. The molecule has 0 radical (unpaired) electrons. The van der Waals surface area contributed by atoms with Gasteiger partial charge in [-0.1, -0.05) is 0 Å². The van der Waals surface area contributed by atoms with Crippen LogP contribution in [-0.2, 0) is 0 Å². The molecule has 1 aliphatic heterocycles. The molecule has 0 unspecified atom stereocenters. The van der Waals surface area contributed by atoms with Crippen LogP contribution in [-0.4, -0.2) is 24.2 Å². The van der Waals surface area contributed by atoms with E-state index in [0.29, 0.717) is 5.82 Å². The van der Waals surface area contributed by atoms with Crippen LogP contribution in [0.3, 0.4) is 0 Å². The lowest BCUT2D eigenvalue weighted by atomic mass is 10.00. The van der Waals surface area contributed by atoms with Crippen LogP contribution in [0.4, 0.5) is 19.0 Å². The van der Waals surface area contributed by atoms with Gasteiger partial charge >= 0.3 is 6.18 Å². The number of anilines is 1. The summed E-state index contributed by atoms with van der Waals surface area (Å²) >= 11 is 3.26. The second-order valence-electron chi connectivity index (χ2n) is 3.45. The second kappa shape index (κ2) is 3.66. The number of pyridine rings is 1. The third-order valence-corrected chi connectivity index (χ3v) is 3.00. The van der Waals surface area contributed by atoms with Gasteiger partial charge in [-0.25, -0.2) is 4.98 Å². The van der Waals surface area contributed by atoms with Gasteiger partial charge in [0, 0.05) is 19.3 Å². The molecule has 0 spiro atoms. The number of hydrogen-bond acceptors (Lipinski definition) is 2. The predicted molar refractivity (Wildman–Crippen MR) is 53.7 cm³/mol. The zero-order valence-electron chi connectivity index (χ0n) is 7.63. The first-order valence-electron chi connectivity index (χ1n) is 4.40. The fourth-order valence-corrected chi connectivity index (χ4v) is 1.97. The Morgan fingerprint density at radius 2 is 2.07 bits per heavy atom. The van der Waals surface area contributed by atoms with Gasteiger partial charge in [-0.05, 0) is 28.1 Å². The smallest absolute Gasteiger partial charge is 0.354 e. The molecule has 2 rings (SSSR count). The Morgan fingerprint density at radius 3 is 2.60 bits per heavy atom. The Balaban J connectivity index is 2.04. The Morgan fingerprint density at radius 1 is 1.40 bits per heavy atom. The molecule has 0 saturated carbocycles. The summed E-state index contributed by atoms with van der Waals surface area (Å²) in [7, 11) is 0. The Labute approximate surface area is 93.2 Å². The molecular weight excluding hydrogens is 273 g/mol. The minimum Gasteiger partial charge on any atom is -0.354 e. The topological polar surface area (TPSA) is 16.1 Å². The van der Waals surface area contributed by atoms with Crippen LogP contribution in [0.1, 0.15) is 0 Å². The number of alkyl halides is 3. The molecule has 1 fully saturated rings. The molecule has 82 valence electrons. The minimum absolute atomic E-state index is 0.000880. The van der Waals surface area contributed by atoms with Crippen LogP contribution in [0.25, 0.3) is 0 Å². The third kappa shape index (κ3) is 2.09. The molecule has 0 aromatic carbocycles. The van der Waals surface area contributed by atoms with Crippen molar-refractivity contribution in [2.75, 3.05) is 18.0 Å². The molecule has 0 amide bonds. The van der Waals surface area contributed by atoms with Crippen molar-refractivity contribution in [2.45, 2.75) is 6.18 Å². The number of rotatable bonds is 1. The summed E-state index contributed by atoms with van der Waals surface area (Å²) in [6, 6.07) is 3.50. The van der Waals surface area contributed by atoms with Crippen molar-refractivity contribution in [1.82, 2.24) is 4.98 Å². The van der Waals surface area contributed by atoms with Crippen LogP contribution in [0.5, 0.6) is 0 Å². The lowest BCUT2D eigenvalue weighted by Gasteiger charge is -2.41. The summed E-state index contributed by atoms with van der Waals surface area (Å²) in [5.74, 6) is -0.635. The third-order valence-electron chi connectivity index (χ3n) is 2.38. The first kappa shape index (κ1) is 10.7. The monoisotopic (exact) mass is 280 g/mol. The van der Waals surface area contributed by atoms with Crippen molar-refractivity contribution in [3.8, 4) is 0 Å². The highest BCUT2D eigenvalue weighted by Crippen LogP contribution is 2.37. The van der Waals surface area contributed by atoms with E-state index in [1.807, 2.05) is 0 Å². The zero-order chi connectivity index (χ0) is 11.1. The van der Waals surface area contributed by atoms with Gasteiger partial charge in [-0.3, -0.25) is 0 Å². The van der Waals surface area contributed by atoms with Crippen LogP contribution in [0.15, 0.2) is 22.8 Å². The van der Waals surface area contributed by atoms with Gasteiger partial charge in [0.25, 0.3) is 0 Å². The minimum atomic E-state index is -4.09. The van der Waals surface area contributed by atoms with Crippen LogP contribution >= 0.6 is 15.9 Å². The van der Waals surface area contributed by atoms with Crippen LogP contribution in [0, 0.1) is 5.92 Å². The molecule has 0 N–H and O–H groups in total. The summed E-state index contributed by atoms with van der Waals surface area (Å²) in [4.78, 5) is 5.64. The molecular formula is C9H8BrF3N2. The average Bonchev–Trinajstić information content (AvgIpc) is 2.03. The van der Waals surface area contributed by atoms with Gasteiger partial charge in [0.2, 0.25) is 0 Å². The van der Waals surface area contributed by atoms with Crippen molar-refractivity contribution < 1.29 is 13.2 Å². The van der Waals surface area contributed by atoms with E-state index in [4.69, 9.17) is 0 Å². The van der Waals surface area contributed by atoms with Crippen molar-refractivity contribution in [3.05, 3.63) is 22.8 Å². The molecule has 15 heavy (non-hydrogen) atoms. The van der Waals surface area contributed by atoms with E-state index in [9.17, 15) is 13.2 Å². The number of nitrogens with zero attached hydrogens (tertiary/aromatic N) is 2. The van der Waals surface area contributed by atoms with E-state index in [1.165, 1.54) is 0 Å². The normalized spacial score (nSPS) is 17.7. The second-order valence-corrected chi connectivity index (χ2v) is 4.31.